The average Bonchev–Trinajstić information content (AvgIpc) is 2.60. The molecule has 26 heavy (non-hydrogen) atoms. The Morgan fingerprint density at radius 2 is 1.62 bits per heavy atom. The van der Waals surface area contributed by atoms with Crippen molar-refractivity contribution in [3.05, 3.63) is 69.7 Å². The van der Waals surface area contributed by atoms with Gasteiger partial charge in [-0.15, -0.1) is 0 Å². The van der Waals surface area contributed by atoms with E-state index in [2.05, 4.69) is 5.32 Å². The first-order valence-corrected chi connectivity index (χ1v) is 8.59. The predicted octanol–water partition coefficient (Wildman–Crippen LogP) is 3.47. The second kappa shape index (κ2) is 9.36. The first-order chi connectivity index (χ1) is 12.4. The quantitative estimate of drug-likeness (QED) is 0.730. The summed E-state index contributed by atoms with van der Waals surface area (Å²) in [6, 6.07) is 13.2. The second-order valence-corrected chi connectivity index (χ2v) is 6.41. The van der Waals surface area contributed by atoms with Crippen LogP contribution in [0.2, 0.25) is 10.0 Å². The highest BCUT2D eigenvalue weighted by atomic mass is 35.5. The molecule has 0 aromatic heterocycles. The van der Waals surface area contributed by atoms with Gasteiger partial charge >= 0.3 is 5.97 Å². The molecule has 1 N–H and O–H groups in total. The Bertz CT molecular complexity index is 788. The third-order valence-corrected chi connectivity index (χ3v) is 4.24. The summed E-state index contributed by atoms with van der Waals surface area (Å²) in [5, 5.41) is 2.84. The fourth-order valence-electron chi connectivity index (χ4n) is 2.28. The maximum atomic E-state index is 12.1. The molecule has 1 amide bonds. The van der Waals surface area contributed by atoms with Gasteiger partial charge in [-0.05, 0) is 31.0 Å². The molecule has 2 aromatic carbocycles. The summed E-state index contributed by atoms with van der Waals surface area (Å²) < 4.78 is 4.95. The van der Waals surface area contributed by atoms with Gasteiger partial charge in [0.2, 0.25) is 0 Å². The van der Waals surface area contributed by atoms with Crippen LogP contribution in [0, 0.1) is 0 Å². The minimum atomic E-state index is -0.807. The van der Waals surface area contributed by atoms with Gasteiger partial charge in [-0.2, -0.15) is 0 Å². The summed E-state index contributed by atoms with van der Waals surface area (Å²) >= 11 is 11.9. The van der Waals surface area contributed by atoms with E-state index in [1.54, 1.807) is 6.07 Å². The molecule has 0 heterocycles. The number of Topliss-reactive ketones (excluding diaryl/α,β-unsaturated/α-hetero) is 1. The number of esters is 1. The van der Waals surface area contributed by atoms with E-state index in [9.17, 15) is 14.4 Å². The van der Waals surface area contributed by atoms with Crippen molar-refractivity contribution in [1.29, 1.82) is 0 Å². The molecule has 2 aromatic rings. The number of amides is 1. The van der Waals surface area contributed by atoms with Crippen LogP contribution < -0.4 is 5.32 Å². The van der Waals surface area contributed by atoms with Crippen molar-refractivity contribution in [1.82, 2.24) is 5.32 Å². The summed E-state index contributed by atoms with van der Waals surface area (Å²) in [6.07, 6.45) is 0.353. The zero-order valence-electron chi connectivity index (χ0n) is 14.0. The van der Waals surface area contributed by atoms with Crippen molar-refractivity contribution in [2.75, 3.05) is 6.61 Å². The monoisotopic (exact) mass is 393 g/mol. The van der Waals surface area contributed by atoms with Crippen molar-refractivity contribution < 1.29 is 19.1 Å². The Morgan fingerprint density at radius 1 is 1.00 bits per heavy atom. The van der Waals surface area contributed by atoms with E-state index >= 15 is 0 Å². The first kappa shape index (κ1) is 19.9. The minimum absolute atomic E-state index is 0.00367. The highest BCUT2D eigenvalue weighted by molar-refractivity contribution is 6.39. The normalized spacial score (nSPS) is 11.5. The number of rotatable bonds is 7. The highest BCUT2D eigenvalue weighted by Gasteiger charge is 2.20. The topological polar surface area (TPSA) is 72.5 Å². The molecule has 7 heteroatoms. The Labute approximate surface area is 161 Å². The summed E-state index contributed by atoms with van der Waals surface area (Å²) in [6.45, 7) is 0.850. The lowest BCUT2D eigenvalue weighted by atomic mass is 10.0. The maximum Gasteiger partial charge on any atom is 0.341 e. The molecule has 1 atom stereocenters. The smallest absolute Gasteiger partial charge is 0.341 e. The van der Waals surface area contributed by atoms with Crippen LogP contribution in [0.1, 0.15) is 22.8 Å². The van der Waals surface area contributed by atoms with Crippen LogP contribution in [0.15, 0.2) is 48.5 Å². The van der Waals surface area contributed by atoms with Gasteiger partial charge in [-0.1, -0.05) is 59.6 Å². The molecule has 0 radical (unpaired) electrons. The minimum Gasteiger partial charge on any atom is -0.452 e. The van der Waals surface area contributed by atoms with Crippen molar-refractivity contribution in [3.63, 3.8) is 0 Å². The predicted molar refractivity (Wildman–Crippen MR) is 99.5 cm³/mol. The van der Waals surface area contributed by atoms with Gasteiger partial charge in [0.25, 0.3) is 5.91 Å². The Balaban J connectivity index is 1.94. The molecule has 0 unspecified atom stereocenters. The standard InChI is InChI=1S/C19H17Cl2NO4/c1-12(23)16(10-13-6-3-2-4-7-13)22-17(24)11-26-19(25)18-14(20)8-5-9-15(18)21/h2-9,16H,10-11H2,1H3,(H,22,24)/t16-/m0/s1. The molecule has 0 bridgehead atoms. The SMILES string of the molecule is CC(=O)[C@H](Cc1ccccc1)NC(=O)COC(=O)c1c(Cl)cccc1Cl. The van der Waals surface area contributed by atoms with Crippen LogP contribution in [0.4, 0.5) is 0 Å². The van der Waals surface area contributed by atoms with Crippen molar-refractivity contribution in [2.24, 2.45) is 0 Å². The number of ketones is 1. The van der Waals surface area contributed by atoms with Gasteiger partial charge in [0.1, 0.15) is 0 Å². The molecule has 0 saturated carbocycles. The number of carbonyl (C=O) groups is 3. The van der Waals surface area contributed by atoms with Crippen molar-refractivity contribution >= 4 is 40.9 Å². The zero-order chi connectivity index (χ0) is 19.1. The molecule has 0 aliphatic heterocycles. The molecular weight excluding hydrogens is 377 g/mol. The third-order valence-electron chi connectivity index (χ3n) is 3.61. The first-order valence-electron chi connectivity index (χ1n) is 7.83. The van der Waals surface area contributed by atoms with Gasteiger partial charge in [0.15, 0.2) is 12.4 Å². The van der Waals surface area contributed by atoms with Crippen molar-refractivity contribution in [3.8, 4) is 0 Å². The number of nitrogens with one attached hydrogen (secondary N) is 1. The highest BCUT2D eigenvalue weighted by Crippen LogP contribution is 2.24. The van der Waals surface area contributed by atoms with Crippen LogP contribution in [-0.4, -0.2) is 30.3 Å². The summed E-state index contributed by atoms with van der Waals surface area (Å²) in [5.41, 5.74) is 0.906. The number of ether oxygens (including phenoxy) is 1. The van der Waals surface area contributed by atoms with E-state index in [4.69, 9.17) is 27.9 Å². The fraction of sp³-hybridized carbons (Fsp3) is 0.211. The van der Waals surface area contributed by atoms with Crippen LogP contribution >= 0.6 is 23.2 Å². The molecular formula is C19H17Cl2NO4. The largest absolute Gasteiger partial charge is 0.452 e. The van der Waals surface area contributed by atoms with Crippen LogP contribution in [0.25, 0.3) is 0 Å². The summed E-state index contributed by atoms with van der Waals surface area (Å²) in [7, 11) is 0. The molecule has 0 aliphatic carbocycles. The Hall–Kier alpha value is -2.37. The second-order valence-electron chi connectivity index (χ2n) is 5.59. The lowest BCUT2D eigenvalue weighted by Crippen LogP contribution is -2.43. The van der Waals surface area contributed by atoms with Gasteiger partial charge in [-0.25, -0.2) is 4.79 Å². The number of carbonyl (C=O) groups excluding carboxylic acids is 3. The summed E-state index contributed by atoms with van der Waals surface area (Å²) in [4.78, 5) is 35.9. The Morgan fingerprint density at radius 3 is 2.19 bits per heavy atom. The van der Waals surface area contributed by atoms with Gasteiger partial charge in [-0.3, -0.25) is 9.59 Å². The fourth-order valence-corrected chi connectivity index (χ4v) is 2.83. The lowest BCUT2D eigenvalue weighted by molar-refractivity contribution is -0.128. The lowest BCUT2D eigenvalue weighted by Gasteiger charge is -2.16. The van der Waals surface area contributed by atoms with Gasteiger partial charge < -0.3 is 10.1 Å². The molecule has 5 nitrogen and oxygen atoms in total. The number of hydrogen-bond donors (Lipinski definition) is 1. The summed E-state index contributed by atoms with van der Waals surface area (Å²) in [5.74, 6) is -1.58. The maximum absolute atomic E-state index is 12.1. The third kappa shape index (κ3) is 5.58. The van der Waals surface area contributed by atoms with E-state index in [1.807, 2.05) is 30.3 Å². The molecule has 0 aliphatic rings. The van der Waals surface area contributed by atoms with Crippen LogP contribution in [0.3, 0.4) is 0 Å². The zero-order valence-corrected chi connectivity index (χ0v) is 15.5. The number of benzene rings is 2. The van der Waals surface area contributed by atoms with Crippen LogP contribution in [-0.2, 0) is 20.7 Å². The van der Waals surface area contributed by atoms with E-state index in [1.165, 1.54) is 19.1 Å². The van der Waals surface area contributed by atoms with E-state index in [0.29, 0.717) is 6.42 Å². The molecule has 136 valence electrons. The van der Waals surface area contributed by atoms with Gasteiger partial charge in [0.05, 0.1) is 21.7 Å². The average molecular weight is 394 g/mol. The van der Waals surface area contributed by atoms with Crippen molar-refractivity contribution in [2.45, 2.75) is 19.4 Å². The van der Waals surface area contributed by atoms with E-state index < -0.39 is 24.5 Å². The Kier molecular flexibility index (Phi) is 7.18. The number of halogens is 2. The molecule has 2 rings (SSSR count). The van der Waals surface area contributed by atoms with Gasteiger partial charge in [0, 0.05) is 0 Å². The van der Waals surface area contributed by atoms with E-state index in [-0.39, 0.29) is 21.4 Å². The number of hydrogen-bond acceptors (Lipinski definition) is 4. The van der Waals surface area contributed by atoms with Crippen LogP contribution in [0.5, 0.6) is 0 Å². The molecule has 0 fully saturated rings. The molecule has 0 spiro atoms. The molecule has 0 saturated heterocycles. The van der Waals surface area contributed by atoms with E-state index in [0.717, 1.165) is 5.56 Å².